The third-order valence-electron chi connectivity index (χ3n) is 4.00. The summed E-state index contributed by atoms with van der Waals surface area (Å²) in [6, 6.07) is 7.36. The summed E-state index contributed by atoms with van der Waals surface area (Å²) in [6.07, 6.45) is 1.53. The fraction of sp³-hybridized carbons (Fsp3) is 0.368. The number of carbonyl (C=O) groups is 2. The van der Waals surface area contributed by atoms with Crippen molar-refractivity contribution >= 4 is 11.9 Å². The van der Waals surface area contributed by atoms with E-state index in [4.69, 9.17) is 0 Å². The third kappa shape index (κ3) is 5.73. The lowest BCUT2D eigenvalue weighted by Crippen LogP contribution is -2.33. The number of nitrogens with one attached hydrogen (secondary N) is 1. The van der Waals surface area contributed by atoms with Gasteiger partial charge in [0.2, 0.25) is 0 Å². The normalized spacial score (nSPS) is 11.7. The number of aromatic nitrogens is 2. The standard InChI is InChI=1S/C19H22FN3O4/c1-3-4-11-23-17(24)10-9-15(22-23)19(26)21-16(12-18(25)27-2)13-5-7-14(20)8-6-13/h5-10,16H,3-4,11-12H2,1-2H3,(H,21,26). The summed E-state index contributed by atoms with van der Waals surface area (Å²) < 4.78 is 19.1. The third-order valence-corrected chi connectivity index (χ3v) is 4.00. The lowest BCUT2D eigenvalue weighted by Gasteiger charge is -2.18. The van der Waals surface area contributed by atoms with E-state index in [1.54, 1.807) is 0 Å². The minimum atomic E-state index is -0.719. The lowest BCUT2D eigenvalue weighted by atomic mass is 10.0. The molecular formula is C19H22FN3O4. The number of hydrogen-bond donors (Lipinski definition) is 1. The van der Waals surface area contributed by atoms with Crippen LogP contribution >= 0.6 is 0 Å². The van der Waals surface area contributed by atoms with Crippen molar-refractivity contribution in [2.45, 2.75) is 38.8 Å². The van der Waals surface area contributed by atoms with Gasteiger partial charge in [0, 0.05) is 12.6 Å². The van der Waals surface area contributed by atoms with Gasteiger partial charge in [0.1, 0.15) is 11.5 Å². The molecule has 0 fully saturated rings. The first-order chi connectivity index (χ1) is 12.9. The molecule has 1 aromatic heterocycles. The highest BCUT2D eigenvalue weighted by molar-refractivity contribution is 5.92. The first kappa shape index (κ1) is 20.3. The van der Waals surface area contributed by atoms with E-state index in [1.807, 2.05) is 6.92 Å². The minimum Gasteiger partial charge on any atom is -0.469 e. The van der Waals surface area contributed by atoms with Crippen molar-refractivity contribution in [3.8, 4) is 0 Å². The summed E-state index contributed by atoms with van der Waals surface area (Å²) in [5, 5.41) is 6.78. The Balaban J connectivity index is 2.23. The van der Waals surface area contributed by atoms with Gasteiger partial charge in [-0.2, -0.15) is 5.10 Å². The summed E-state index contributed by atoms with van der Waals surface area (Å²) in [5.74, 6) is -1.49. The van der Waals surface area contributed by atoms with Gasteiger partial charge in [0.25, 0.3) is 11.5 Å². The van der Waals surface area contributed by atoms with Crippen molar-refractivity contribution in [2.75, 3.05) is 7.11 Å². The number of esters is 1. The molecule has 144 valence electrons. The Kier molecular flexibility index (Phi) is 7.22. The van der Waals surface area contributed by atoms with Gasteiger partial charge >= 0.3 is 5.97 Å². The van der Waals surface area contributed by atoms with Crippen LogP contribution in [0.1, 0.15) is 48.3 Å². The molecule has 1 N–H and O–H groups in total. The van der Waals surface area contributed by atoms with E-state index in [9.17, 15) is 18.8 Å². The van der Waals surface area contributed by atoms with Crippen LogP contribution in [0.2, 0.25) is 0 Å². The maximum Gasteiger partial charge on any atom is 0.307 e. The van der Waals surface area contributed by atoms with Crippen LogP contribution in [-0.2, 0) is 16.1 Å². The molecule has 0 aliphatic heterocycles. The summed E-state index contributed by atoms with van der Waals surface area (Å²) >= 11 is 0. The molecule has 0 aliphatic rings. The number of ether oxygens (including phenoxy) is 1. The number of benzene rings is 1. The molecule has 0 radical (unpaired) electrons. The van der Waals surface area contributed by atoms with Crippen molar-refractivity contribution in [3.63, 3.8) is 0 Å². The van der Waals surface area contributed by atoms with Crippen molar-refractivity contribution in [1.29, 1.82) is 0 Å². The Morgan fingerprint density at radius 3 is 2.56 bits per heavy atom. The monoisotopic (exact) mass is 375 g/mol. The zero-order valence-electron chi connectivity index (χ0n) is 15.3. The average Bonchev–Trinajstić information content (AvgIpc) is 2.67. The highest BCUT2D eigenvalue weighted by atomic mass is 19.1. The van der Waals surface area contributed by atoms with Crippen LogP contribution in [0.3, 0.4) is 0 Å². The topological polar surface area (TPSA) is 90.3 Å². The van der Waals surface area contributed by atoms with Crippen LogP contribution in [-0.4, -0.2) is 28.8 Å². The number of methoxy groups -OCH3 is 1. The molecule has 1 unspecified atom stereocenters. The van der Waals surface area contributed by atoms with Crippen molar-refractivity contribution in [2.24, 2.45) is 0 Å². The number of rotatable bonds is 8. The maximum absolute atomic E-state index is 13.2. The Bertz CT molecular complexity index is 849. The molecule has 27 heavy (non-hydrogen) atoms. The van der Waals surface area contributed by atoms with Gasteiger partial charge in [-0.3, -0.25) is 14.4 Å². The molecule has 1 aromatic carbocycles. The number of aryl methyl sites for hydroxylation is 1. The molecule has 0 bridgehead atoms. The predicted octanol–water partition coefficient (Wildman–Crippen LogP) is 2.22. The number of nitrogens with zero attached hydrogens (tertiary/aromatic N) is 2. The molecule has 1 heterocycles. The number of amides is 1. The predicted molar refractivity (Wildman–Crippen MR) is 96.6 cm³/mol. The van der Waals surface area contributed by atoms with Crippen LogP contribution in [0.5, 0.6) is 0 Å². The van der Waals surface area contributed by atoms with Crippen LogP contribution < -0.4 is 10.9 Å². The van der Waals surface area contributed by atoms with E-state index in [0.717, 1.165) is 12.8 Å². The van der Waals surface area contributed by atoms with Crippen LogP contribution in [0, 0.1) is 5.82 Å². The van der Waals surface area contributed by atoms with E-state index < -0.39 is 23.7 Å². The quantitative estimate of drug-likeness (QED) is 0.715. The molecule has 8 heteroatoms. The van der Waals surface area contributed by atoms with E-state index in [0.29, 0.717) is 12.1 Å². The second kappa shape index (κ2) is 9.61. The van der Waals surface area contributed by atoms with Gasteiger partial charge in [-0.25, -0.2) is 9.07 Å². The highest BCUT2D eigenvalue weighted by Crippen LogP contribution is 2.18. The molecular weight excluding hydrogens is 353 g/mol. The number of carbonyl (C=O) groups excluding carboxylic acids is 2. The second-order valence-corrected chi connectivity index (χ2v) is 5.99. The van der Waals surface area contributed by atoms with E-state index >= 15 is 0 Å². The minimum absolute atomic E-state index is 0.0580. The SMILES string of the molecule is CCCCn1nc(C(=O)NC(CC(=O)OC)c2ccc(F)cc2)ccc1=O. The summed E-state index contributed by atoms with van der Waals surface area (Å²) in [5.41, 5.74) is 0.321. The first-order valence-corrected chi connectivity index (χ1v) is 8.66. The molecule has 1 atom stereocenters. The lowest BCUT2D eigenvalue weighted by molar-refractivity contribution is -0.141. The maximum atomic E-state index is 13.2. The molecule has 2 rings (SSSR count). The van der Waals surface area contributed by atoms with Crippen molar-refractivity contribution in [1.82, 2.24) is 15.1 Å². The highest BCUT2D eigenvalue weighted by Gasteiger charge is 2.21. The second-order valence-electron chi connectivity index (χ2n) is 5.99. The smallest absolute Gasteiger partial charge is 0.307 e. The summed E-state index contributed by atoms with van der Waals surface area (Å²) in [7, 11) is 1.25. The molecule has 0 aliphatic carbocycles. The van der Waals surface area contributed by atoms with Gasteiger partial charge in [0.15, 0.2) is 0 Å². The molecule has 0 saturated carbocycles. The fourth-order valence-corrected chi connectivity index (χ4v) is 2.47. The molecule has 1 amide bonds. The summed E-state index contributed by atoms with van der Waals surface area (Å²) in [4.78, 5) is 36.1. The van der Waals surface area contributed by atoms with Crippen LogP contribution in [0.25, 0.3) is 0 Å². The molecule has 0 saturated heterocycles. The molecule has 7 nitrogen and oxygen atoms in total. The zero-order valence-corrected chi connectivity index (χ0v) is 15.3. The van der Waals surface area contributed by atoms with Crippen LogP contribution in [0.4, 0.5) is 4.39 Å². The zero-order chi connectivity index (χ0) is 19.8. The Labute approximate surface area is 156 Å². The summed E-state index contributed by atoms with van der Waals surface area (Å²) in [6.45, 7) is 2.40. The molecule has 2 aromatic rings. The number of unbranched alkanes of at least 4 members (excludes halogenated alkanes) is 1. The Morgan fingerprint density at radius 1 is 1.22 bits per heavy atom. The van der Waals surface area contributed by atoms with Crippen molar-refractivity contribution in [3.05, 3.63) is 63.8 Å². The van der Waals surface area contributed by atoms with Gasteiger partial charge in [-0.15, -0.1) is 0 Å². The van der Waals surface area contributed by atoms with Gasteiger partial charge in [-0.1, -0.05) is 25.5 Å². The fourth-order valence-electron chi connectivity index (χ4n) is 2.47. The van der Waals surface area contributed by atoms with E-state index in [2.05, 4.69) is 15.2 Å². The van der Waals surface area contributed by atoms with Gasteiger partial charge < -0.3 is 10.1 Å². The van der Waals surface area contributed by atoms with Crippen molar-refractivity contribution < 1.29 is 18.7 Å². The first-order valence-electron chi connectivity index (χ1n) is 8.66. The number of halogens is 1. The number of hydrogen-bond acceptors (Lipinski definition) is 5. The average molecular weight is 375 g/mol. The Morgan fingerprint density at radius 2 is 1.93 bits per heavy atom. The van der Waals surface area contributed by atoms with Gasteiger partial charge in [-0.05, 0) is 30.2 Å². The largest absolute Gasteiger partial charge is 0.469 e. The van der Waals surface area contributed by atoms with E-state index in [1.165, 1.54) is 48.2 Å². The molecule has 0 spiro atoms. The van der Waals surface area contributed by atoms with Crippen LogP contribution in [0.15, 0.2) is 41.2 Å². The van der Waals surface area contributed by atoms with Gasteiger partial charge in [0.05, 0.1) is 19.6 Å². The van der Waals surface area contributed by atoms with E-state index in [-0.39, 0.29) is 17.7 Å². The Hall–Kier alpha value is -3.03.